The lowest BCUT2D eigenvalue weighted by molar-refractivity contribution is -0.154. The average Bonchev–Trinajstić information content (AvgIpc) is 2.89. The number of nitrogens with zero attached hydrogens (tertiary/aromatic N) is 3. The molecule has 212 valence electrons. The Hall–Kier alpha value is -2.16. The van der Waals surface area contributed by atoms with Crippen LogP contribution >= 0.6 is 23.2 Å². The first-order valence-electron chi connectivity index (χ1n) is 13.7. The molecule has 2 fully saturated rings. The van der Waals surface area contributed by atoms with Crippen LogP contribution in [0.1, 0.15) is 35.6 Å². The lowest BCUT2D eigenvalue weighted by Gasteiger charge is -2.45. The van der Waals surface area contributed by atoms with E-state index in [1.54, 1.807) is 6.07 Å². The van der Waals surface area contributed by atoms with Gasteiger partial charge in [-0.15, -0.1) is 0 Å². The van der Waals surface area contributed by atoms with Gasteiger partial charge in [-0.3, -0.25) is 9.59 Å². The van der Waals surface area contributed by atoms with Crippen LogP contribution in [0.5, 0.6) is 0 Å². The number of hydrogen-bond donors (Lipinski definition) is 1. The van der Waals surface area contributed by atoms with Gasteiger partial charge in [-0.1, -0.05) is 65.5 Å². The molecule has 2 aromatic rings. The van der Waals surface area contributed by atoms with E-state index >= 15 is 0 Å². The van der Waals surface area contributed by atoms with Gasteiger partial charge < -0.3 is 25.2 Å². The molecular formula is C30H40Cl2N4O3. The molecular weight excluding hydrogens is 535 g/mol. The molecule has 2 atom stereocenters. The molecule has 0 aliphatic carbocycles. The Morgan fingerprint density at radius 1 is 0.974 bits per heavy atom. The molecule has 0 radical (unpaired) electrons. The monoisotopic (exact) mass is 574 g/mol. The Morgan fingerprint density at radius 3 is 2.28 bits per heavy atom. The summed E-state index contributed by atoms with van der Waals surface area (Å²) in [6.45, 7) is 12.6. The van der Waals surface area contributed by atoms with Crippen LogP contribution in [-0.4, -0.2) is 85.5 Å². The third-order valence-corrected chi connectivity index (χ3v) is 8.67. The SMILES string of the molecule is Cc1cc(C)cc(CC(=O)N2CCOC(CCN3CCN(CC(C)C(N)=O)CC3)(c3ccc(Cl)c(Cl)c3)C2)c1. The lowest BCUT2D eigenvalue weighted by atomic mass is 9.87. The van der Waals surface area contributed by atoms with Crippen molar-refractivity contribution in [3.8, 4) is 0 Å². The van der Waals surface area contributed by atoms with Gasteiger partial charge in [0.2, 0.25) is 11.8 Å². The number of primary amides is 1. The molecule has 2 aliphatic rings. The van der Waals surface area contributed by atoms with Gasteiger partial charge >= 0.3 is 0 Å². The van der Waals surface area contributed by atoms with Gasteiger partial charge in [-0.25, -0.2) is 0 Å². The number of piperazine rings is 1. The van der Waals surface area contributed by atoms with Crippen LogP contribution in [0.2, 0.25) is 10.0 Å². The summed E-state index contributed by atoms with van der Waals surface area (Å²) in [5, 5.41) is 0.975. The summed E-state index contributed by atoms with van der Waals surface area (Å²) in [4.78, 5) is 31.6. The number of morpholine rings is 1. The minimum atomic E-state index is -0.678. The second kappa shape index (κ2) is 13.0. The highest BCUT2D eigenvalue weighted by Crippen LogP contribution is 2.37. The third-order valence-electron chi connectivity index (χ3n) is 7.94. The van der Waals surface area contributed by atoms with Gasteiger partial charge in [-0.2, -0.15) is 0 Å². The van der Waals surface area contributed by atoms with Crippen LogP contribution < -0.4 is 5.73 Å². The minimum Gasteiger partial charge on any atom is -0.369 e. The Balaban J connectivity index is 1.46. The van der Waals surface area contributed by atoms with Crippen molar-refractivity contribution in [2.75, 3.05) is 59.0 Å². The molecule has 2 unspecified atom stereocenters. The number of halogens is 2. The molecule has 2 saturated heterocycles. The van der Waals surface area contributed by atoms with Gasteiger partial charge in [-0.05, 0) is 43.5 Å². The maximum absolute atomic E-state index is 13.5. The van der Waals surface area contributed by atoms with Gasteiger partial charge in [0, 0.05) is 51.7 Å². The number of aryl methyl sites for hydroxylation is 2. The number of nitrogens with two attached hydrogens (primary N) is 1. The normalized spacial score (nSPS) is 21.6. The van der Waals surface area contributed by atoms with Crippen LogP contribution in [0.3, 0.4) is 0 Å². The van der Waals surface area contributed by atoms with Crippen molar-refractivity contribution in [1.29, 1.82) is 0 Å². The van der Waals surface area contributed by atoms with Gasteiger partial charge in [0.15, 0.2) is 0 Å². The van der Waals surface area contributed by atoms with Crippen molar-refractivity contribution in [2.45, 2.75) is 39.2 Å². The highest BCUT2D eigenvalue weighted by Gasteiger charge is 2.40. The number of carbonyl (C=O) groups is 2. The fourth-order valence-corrected chi connectivity index (χ4v) is 6.01. The minimum absolute atomic E-state index is 0.102. The zero-order chi connectivity index (χ0) is 28.2. The van der Waals surface area contributed by atoms with E-state index in [9.17, 15) is 9.59 Å². The predicted molar refractivity (Wildman–Crippen MR) is 156 cm³/mol. The topological polar surface area (TPSA) is 79.1 Å². The van der Waals surface area contributed by atoms with Crippen molar-refractivity contribution in [1.82, 2.24) is 14.7 Å². The fourth-order valence-electron chi connectivity index (χ4n) is 5.72. The summed E-state index contributed by atoms with van der Waals surface area (Å²) in [6.07, 6.45) is 1.08. The maximum atomic E-state index is 13.5. The van der Waals surface area contributed by atoms with E-state index in [2.05, 4.69) is 41.8 Å². The van der Waals surface area contributed by atoms with Gasteiger partial charge in [0.1, 0.15) is 5.60 Å². The summed E-state index contributed by atoms with van der Waals surface area (Å²) in [7, 11) is 0. The molecule has 2 aromatic carbocycles. The molecule has 2 heterocycles. The largest absolute Gasteiger partial charge is 0.369 e. The molecule has 7 nitrogen and oxygen atoms in total. The number of hydrogen-bond acceptors (Lipinski definition) is 5. The van der Waals surface area contributed by atoms with E-state index in [1.165, 1.54) is 0 Å². The van der Waals surface area contributed by atoms with Crippen molar-refractivity contribution in [3.63, 3.8) is 0 Å². The van der Waals surface area contributed by atoms with Crippen LogP contribution in [-0.2, 0) is 26.3 Å². The van der Waals surface area contributed by atoms with Crippen molar-refractivity contribution < 1.29 is 14.3 Å². The van der Waals surface area contributed by atoms with Crippen molar-refractivity contribution >= 4 is 35.0 Å². The Labute approximate surface area is 242 Å². The summed E-state index contributed by atoms with van der Waals surface area (Å²) >= 11 is 12.7. The summed E-state index contributed by atoms with van der Waals surface area (Å²) in [6, 6.07) is 11.9. The molecule has 2 amide bonds. The molecule has 4 rings (SSSR count). The first-order valence-corrected chi connectivity index (χ1v) is 14.5. The number of carbonyl (C=O) groups excluding carboxylic acids is 2. The first-order chi connectivity index (χ1) is 18.5. The molecule has 2 aliphatic heterocycles. The van der Waals surface area contributed by atoms with Crippen LogP contribution in [0, 0.1) is 19.8 Å². The van der Waals surface area contributed by atoms with E-state index in [0.29, 0.717) is 42.7 Å². The zero-order valence-electron chi connectivity index (χ0n) is 23.2. The molecule has 9 heteroatoms. The Kier molecular flexibility index (Phi) is 9.94. The van der Waals surface area contributed by atoms with Gasteiger partial charge in [0.05, 0.1) is 29.6 Å². The molecule has 2 N–H and O–H groups in total. The molecule has 0 saturated carbocycles. The molecule has 0 spiro atoms. The fraction of sp³-hybridized carbons (Fsp3) is 0.533. The second-order valence-corrected chi connectivity index (χ2v) is 12.0. The van der Waals surface area contributed by atoms with E-state index in [4.69, 9.17) is 33.7 Å². The quantitative estimate of drug-likeness (QED) is 0.489. The zero-order valence-corrected chi connectivity index (χ0v) is 24.7. The second-order valence-electron chi connectivity index (χ2n) is 11.2. The van der Waals surface area contributed by atoms with E-state index < -0.39 is 5.60 Å². The Morgan fingerprint density at radius 2 is 1.64 bits per heavy atom. The highest BCUT2D eigenvalue weighted by molar-refractivity contribution is 6.42. The smallest absolute Gasteiger partial charge is 0.227 e. The summed E-state index contributed by atoms with van der Waals surface area (Å²) in [5.41, 5.74) is 9.07. The van der Waals surface area contributed by atoms with Crippen molar-refractivity contribution in [2.24, 2.45) is 11.7 Å². The number of ether oxygens (including phenoxy) is 1. The first kappa shape index (κ1) is 29.8. The maximum Gasteiger partial charge on any atom is 0.227 e. The van der Waals surface area contributed by atoms with Crippen LogP contribution in [0.15, 0.2) is 36.4 Å². The standard InChI is InChI=1S/C30H40Cl2N4O3/c1-21-14-22(2)16-24(15-21)17-28(37)36-12-13-39-30(20-36,25-4-5-26(31)27(32)18-25)6-7-34-8-10-35(11-9-34)19-23(3)29(33)38/h4-5,14-16,18,23H,6-13,17,19-20H2,1-3H3,(H2,33,38). The van der Waals surface area contributed by atoms with Crippen LogP contribution in [0.4, 0.5) is 0 Å². The lowest BCUT2D eigenvalue weighted by Crippen LogP contribution is -2.54. The number of benzene rings is 2. The van der Waals surface area contributed by atoms with E-state index in [1.807, 2.05) is 24.0 Å². The van der Waals surface area contributed by atoms with Gasteiger partial charge in [0.25, 0.3) is 0 Å². The average molecular weight is 576 g/mol. The Bertz CT molecular complexity index is 1160. The van der Waals surface area contributed by atoms with Crippen molar-refractivity contribution in [3.05, 3.63) is 68.7 Å². The van der Waals surface area contributed by atoms with E-state index in [-0.39, 0.29) is 17.7 Å². The molecule has 39 heavy (non-hydrogen) atoms. The molecule has 0 aromatic heterocycles. The predicted octanol–water partition coefficient (Wildman–Crippen LogP) is 4.04. The molecule has 0 bridgehead atoms. The number of amides is 2. The summed E-state index contributed by atoms with van der Waals surface area (Å²) < 4.78 is 6.52. The third kappa shape index (κ3) is 7.74. The van der Waals surface area contributed by atoms with Crippen LogP contribution in [0.25, 0.3) is 0 Å². The number of rotatable bonds is 9. The summed E-state index contributed by atoms with van der Waals surface area (Å²) in [5.74, 6) is -0.311. The highest BCUT2D eigenvalue weighted by atomic mass is 35.5. The van der Waals surface area contributed by atoms with E-state index in [0.717, 1.165) is 61.4 Å².